The lowest BCUT2D eigenvalue weighted by Crippen LogP contribution is -2.39. The van der Waals surface area contributed by atoms with Gasteiger partial charge in [0, 0.05) is 24.0 Å². The molecule has 5 rings (SSSR count). The second kappa shape index (κ2) is 9.17. The summed E-state index contributed by atoms with van der Waals surface area (Å²) >= 11 is 0. The fraction of sp³-hybridized carbons (Fsp3) is 0.222. The molecule has 1 N–H and O–H groups in total. The Hall–Kier alpha value is -3.48. The molecule has 3 aromatic carbocycles. The highest BCUT2D eigenvalue weighted by Crippen LogP contribution is 2.41. The Kier molecular flexibility index (Phi) is 5.94. The Balaban J connectivity index is 1.63. The number of halogens is 1. The van der Waals surface area contributed by atoms with Crippen molar-refractivity contribution in [2.45, 2.75) is 13.0 Å². The lowest BCUT2D eigenvalue weighted by atomic mass is 10.00. The van der Waals surface area contributed by atoms with Crippen molar-refractivity contribution in [2.75, 3.05) is 31.6 Å². The van der Waals surface area contributed by atoms with Crippen LogP contribution in [0.15, 0.2) is 77.2 Å². The van der Waals surface area contributed by atoms with Crippen LogP contribution in [0.1, 0.15) is 33.3 Å². The number of amides is 1. The van der Waals surface area contributed by atoms with Gasteiger partial charge < -0.3 is 14.5 Å². The Morgan fingerprint density at radius 1 is 1.00 bits per heavy atom. The molecule has 1 aliphatic rings. The van der Waals surface area contributed by atoms with E-state index >= 15 is 0 Å². The van der Waals surface area contributed by atoms with Crippen LogP contribution in [-0.2, 0) is 4.74 Å². The van der Waals surface area contributed by atoms with Crippen LogP contribution in [0.3, 0.4) is 0 Å². The fourth-order valence-corrected chi connectivity index (χ4v) is 4.32. The maximum atomic E-state index is 14.2. The van der Waals surface area contributed by atoms with Gasteiger partial charge in [0.2, 0.25) is 0 Å². The van der Waals surface area contributed by atoms with Gasteiger partial charge in [0.05, 0.1) is 24.9 Å². The van der Waals surface area contributed by atoms with Gasteiger partial charge in [0.25, 0.3) is 5.91 Å². The van der Waals surface area contributed by atoms with Crippen molar-refractivity contribution >= 4 is 22.6 Å². The molecule has 1 saturated heterocycles. The summed E-state index contributed by atoms with van der Waals surface area (Å²) in [5.41, 5.74) is 3.69. The molecule has 33 heavy (non-hydrogen) atoms. The third-order valence-corrected chi connectivity index (χ3v) is 6.00. The van der Waals surface area contributed by atoms with E-state index in [1.807, 2.05) is 49.4 Å². The molecule has 0 bridgehead atoms. The van der Waals surface area contributed by atoms with E-state index in [0.29, 0.717) is 48.9 Å². The van der Waals surface area contributed by atoms with E-state index in [2.05, 4.69) is 10.2 Å². The number of benzene rings is 3. The first-order chi connectivity index (χ1) is 16.1. The van der Waals surface area contributed by atoms with Crippen molar-refractivity contribution in [3.63, 3.8) is 0 Å². The number of anilines is 1. The van der Waals surface area contributed by atoms with Crippen LogP contribution in [0.5, 0.6) is 0 Å². The summed E-state index contributed by atoms with van der Waals surface area (Å²) in [7, 11) is 0. The smallest absolute Gasteiger partial charge is 0.255 e. The lowest BCUT2D eigenvalue weighted by Gasteiger charge is -2.34. The zero-order chi connectivity index (χ0) is 22.8. The van der Waals surface area contributed by atoms with Gasteiger partial charge in [-0.05, 0) is 48.9 Å². The van der Waals surface area contributed by atoms with Gasteiger partial charge in [-0.3, -0.25) is 9.69 Å². The van der Waals surface area contributed by atoms with Gasteiger partial charge >= 0.3 is 0 Å². The van der Waals surface area contributed by atoms with Crippen molar-refractivity contribution in [1.82, 2.24) is 4.90 Å². The van der Waals surface area contributed by atoms with E-state index in [9.17, 15) is 9.18 Å². The average molecular weight is 445 g/mol. The topological polar surface area (TPSA) is 54.7 Å². The number of fused-ring (bicyclic) bond motifs is 1. The molecular weight excluding hydrogens is 419 g/mol. The predicted molar refractivity (Wildman–Crippen MR) is 126 cm³/mol. The van der Waals surface area contributed by atoms with Crippen molar-refractivity contribution in [1.29, 1.82) is 0 Å². The van der Waals surface area contributed by atoms with Crippen LogP contribution in [0, 0.1) is 12.7 Å². The third-order valence-electron chi connectivity index (χ3n) is 6.00. The first-order valence-electron chi connectivity index (χ1n) is 11.1. The van der Waals surface area contributed by atoms with E-state index in [0.717, 1.165) is 16.5 Å². The number of hydrogen-bond donors (Lipinski definition) is 1. The zero-order valence-electron chi connectivity index (χ0n) is 18.4. The molecule has 4 aromatic rings. The van der Waals surface area contributed by atoms with Gasteiger partial charge in [-0.2, -0.15) is 0 Å². The number of rotatable bonds is 5. The molecule has 1 atom stereocenters. The molecule has 6 heteroatoms. The standard InChI is InChI=1S/C27H25FN2O3/c1-18-9-11-19(12-10-18)27(31)29-24-22-7-2-3-8-23(22)33-26(24)25(30-13-15-32-16-14-30)20-5-4-6-21(28)17-20/h2-12,17,25H,13-16H2,1H3,(H,29,31). The number of hydrogen-bond acceptors (Lipinski definition) is 4. The number of para-hydroxylation sites is 1. The van der Waals surface area contributed by atoms with Crippen molar-refractivity contribution in [2.24, 2.45) is 0 Å². The number of furan rings is 1. The summed E-state index contributed by atoms with van der Waals surface area (Å²) in [6.07, 6.45) is 0. The van der Waals surface area contributed by atoms with Crippen LogP contribution in [-0.4, -0.2) is 37.1 Å². The van der Waals surface area contributed by atoms with E-state index in [1.165, 1.54) is 12.1 Å². The summed E-state index contributed by atoms with van der Waals surface area (Å²) in [4.78, 5) is 15.4. The van der Waals surface area contributed by atoms with E-state index in [1.54, 1.807) is 18.2 Å². The number of nitrogens with zero attached hydrogens (tertiary/aromatic N) is 1. The third kappa shape index (κ3) is 4.40. The highest BCUT2D eigenvalue weighted by Gasteiger charge is 2.31. The quantitative estimate of drug-likeness (QED) is 0.438. The number of carbonyl (C=O) groups is 1. The minimum Gasteiger partial charge on any atom is -0.457 e. The Labute approximate surface area is 191 Å². The molecule has 168 valence electrons. The first-order valence-corrected chi connectivity index (χ1v) is 11.1. The van der Waals surface area contributed by atoms with Crippen LogP contribution in [0.4, 0.5) is 10.1 Å². The molecule has 1 unspecified atom stereocenters. The second-order valence-electron chi connectivity index (χ2n) is 8.26. The summed E-state index contributed by atoms with van der Waals surface area (Å²) in [5.74, 6) is 0.0547. The zero-order valence-corrected chi connectivity index (χ0v) is 18.4. The number of morpholine rings is 1. The van der Waals surface area contributed by atoms with Crippen molar-refractivity contribution in [3.8, 4) is 0 Å². The Morgan fingerprint density at radius 3 is 2.52 bits per heavy atom. The van der Waals surface area contributed by atoms with Gasteiger partial charge in [-0.15, -0.1) is 0 Å². The number of ether oxygens (including phenoxy) is 1. The summed E-state index contributed by atoms with van der Waals surface area (Å²) in [5, 5.41) is 3.90. The molecule has 5 nitrogen and oxygen atoms in total. The summed E-state index contributed by atoms with van der Waals surface area (Å²) in [6, 6.07) is 21.2. The molecule has 0 aliphatic carbocycles. The van der Waals surface area contributed by atoms with Gasteiger partial charge in [0.15, 0.2) is 0 Å². The minimum absolute atomic E-state index is 0.220. The predicted octanol–water partition coefficient (Wildman–Crippen LogP) is 5.55. The summed E-state index contributed by atoms with van der Waals surface area (Å²) in [6.45, 7) is 4.48. The van der Waals surface area contributed by atoms with Gasteiger partial charge in [-0.25, -0.2) is 4.39 Å². The molecule has 1 fully saturated rings. The fourth-order valence-electron chi connectivity index (χ4n) is 4.32. The first kappa shape index (κ1) is 21.4. The largest absolute Gasteiger partial charge is 0.457 e. The molecule has 0 saturated carbocycles. The maximum Gasteiger partial charge on any atom is 0.255 e. The highest BCUT2D eigenvalue weighted by molar-refractivity contribution is 6.09. The van der Waals surface area contributed by atoms with E-state index in [4.69, 9.17) is 9.15 Å². The molecule has 0 spiro atoms. The molecular formula is C27H25FN2O3. The number of nitrogens with one attached hydrogen (secondary N) is 1. The molecule has 1 amide bonds. The summed E-state index contributed by atoms with van der Waals surface area (Å²) < 4.78 is 26.1. The van der Waals surface area contributed by atoms with Gasteiger partial charge in [-0.1, -0.05) is 42.0 Å². The number of aryl methyl sites for hydroxylation is 1. The van der Waals surface area contributed by atoms with E-state index in [-0.39, 0.29) is 17.8 Å². The maximum absolute atomic E-state index is 14.2. The van der Waals surface area contributed by atoms with Gasteiger partial charge in [0.1, 0.15) is 17.2 Å². The molecule has 2 heterocycles. The SMILES string of the molecule is Cc1ccc(C(=O)Nc2c(C(c3cccc(F)c3)N3CCOCC3)oc3ccccc23)cc1. The normalized spacial score (nSPS) is 15.5. The van der Waals surface area contributed by atoms with Crippen molar-refractivity contribution < 1.29 is 18.3 Å². The highest BCUT2D eigenvalue weighted by atomic mass is 19.1. The molecule has 1 aliphatic heterocycles. The average Bonchev–Trinajstić information content (AvgIpc) is 3.18. The van der Waals surface area contributed by atoms with Crippen LogP contribution >= 0.6 is 0 Å². The molecule has 0 radical (unpaired) electrons. The van der Waals surface area contributed by atoms with Crippen LogP contribution in [0.2, 0.25) is 0 Å². The number of carbonyl (C=O) groups excluding carboxylic acids is 1. The second-order valence-corrected chi connectivity index (χ2v) is 8.26. The lowest BCUT2D eigenvalue weighted by molar-refractivity contribution is 0.0205. The monoisotopic (exact) mass is 444 g/mol. The minimum atomic E-state index is -0.370. The van der Waals surface area contributed by atoms with Crippen LogP contribution in [0.25, 0.3) is 11.0 Å². The Morgan fingerprint density at radius 2 is 1.76 bits per heavy atom. The van der Waals surface area contributed by atoms with Crippen LogP contribution < -0.4 is 5.32 Å². The van der Waals surface area contributed by atoms with E-state index < -0.39 is 0 Å². The Bertz CT molecular complexity index is 1280. The molecule has 1 aromatic heterocycles. The van der Waals surface area contributed by atoms with Crippen molar-refractivity contribution in [3.05, 3.63) is 101 Å².